The van der Waals surface area contributed by atoms with Crippen molar-refractivity contribution in [2.24, 2.45) is 5.92 Å². The molecule has 16 heavy (non-hydrogen) atoms. The number of carbonyl (C=O) groups is 1. The first kappa shape index (κ1) is 13.4. The predicted molar refractivity (Wildman–Crippen MR) is 59.7 cm³/mol. The number of piperazine rings is 1. The molecule has 0 bridgehead atoms. The molecule has 0 saturated carbocycles. The van der Waals surface area contributed by atoms with Crippen LogP contribution in [-0.4, -0.2) is 67.7 Å². The van der Waals surface area contributed by atoms with E-state index < -0.39 is 21.9 Å². The lowest BCUT2D eigenvalue weighted by molar-refractivity contribution is -0.141. The molecule has 1 unspecified atom stereocenters. The third-order valence-electron chi connectivity index (χ3n) is 2.75. The maximum atomic E-state index is 11.2. The van der Waals surface area contributed by atoms with Crippen LogP contribution in [0.4, 0.5) is 0 Å². The number of sulfonamides is 1. The van der Waals surface area contributed by atoms with E-state index in [0.717, 1.165) is 0 Å². The van der Waals surface area contributed by atoms with E-state index in [0.29, 0.717) is 32.7 Å². The largest absolute Gasteiger partial charge is 0.481 e. The van der Waals surface area contributed by atoms with Crippen LogP contribution < -0.4 is 0 Å². The SMILES string of the molecule is CC(CN1CCN(S(C)(=O)=O)CC1)C(=O)O. The van der Waals surface area contributed by atoms with Gasteiger partial charge in [0.15, 0.2) is 0 Å². The molecule has 0 aliphatic carbocycles. The average molecular weight is 250 g/mol. The molecule has 1 atom stereocenters. The zero-order chi connectivity index (χ0) is 12.3. The number of carboxylic acids is 1. The molecule has 1 rings (SSSR count). The number of hydrogen-bond acceptors (Lipinski definition) is 4. The van der Waals surface area contributed by atoms with Gasteiger partial charge >= 0.3 is 5.97 Å². The second-order valence-corrected chi connectivity index (χ2v) is 6.18. The molecule has 1 saturated heterocycles. The van der Waals surface area contributed by atoms with Crippen molar-refractivity contribution in [1.82, 2.24) is 9.21 Å². The van der Waals surface area contributed by atoms with Gasteiger partial charge in [0.05, 0.1) is 12.2 Å². The lowest BCUT2D eigenvalue weighted by Gasteiger charge is -2.33. The van der Waals surface area contributed by atoms with E-state index in [1.807, 2.05) is 4.90 Å². The van der Waals surface area contributed by atoms with Crippen molar-refractivity contribution >= 4 is 16.0 Å². The van der Waals surface area contributed by atoms with Crippen LogP contribution in [0.2, 0.25) is 0 Å². The van der Waals surface area contributed by atoms with Gasteiger partial charge in [0.25, 0.3) is 0 Å². The fourth-order valence-corrected chi connectivity index (χ4v) is 2.54. The minimum atomic E-state index is -3.10. The van der Waals surface area contributed by atoms with Crippen molar-refractivity contribution in [3.8, 4) is 0 Å². The Morgan fingerprint density at radius 1 is 1.31 bits per heavy atom. The molecule has 1 aliphatic rings. The van der Waals surface area contributed by atoms with Gasteiger partial charge in [0, 0.05) is 32.7 Å². The molecule has 0 aromatic rings. The number of rotatable bonds is 4. The Bertz CT molecular complexity index is 347. The van der Waals surface area contributed by atoms with E-state index in [1.54, 1.807) is 6.92 Å². The van der Waals surface area contributed by atoms with E-state index >= 15 is 0 Å². The van der Waals surface area contributed by atoms with Crippen molar-refractivity contribution in [3.05, 3.63) is 0 Å². The molecule has 0 amide bonds. The Morgan fingerprint density at radius 2 is 1.81 bits per heavy atom. The highest BCUT2D eigenvalue weighted by Crippen LogP contribution is 2.08. The average Bonchev–Trinajstić information content (AvgIpc) is 2.17. The van der Waals surface area contributed by atoms with Crippen molar-refractivity contribution in [2.75, 3.05) is 39.0 Å². The summed E-state index contributed by atoms with van der Waals surface area (Å²) < 4.78 is 23.9. The number of aliphatic carboxylic acids is 1. The van der Waals surface area contributed by atoms with E-state index in [4.69, 9.17) is 5.11 Å². The zero-order valence-corrected chi connectivity index (χ0v) is 10.4. The Balaban J connectivity index is 2.41. The van der Waals surface area contributed by atoms with E-state index in [9.17, 15) is 13.2 Å². The summed E-state index contributed by atoms with van der Waals surface area (Å²) >= 11 is 0. The van der Waals surface area contributed by atoms with Crippen molar-refractivity contribution in [3.63, 3.8) is 0 Å². The third-order valence-corrected chi connectivity index (χ3v) is 4.06. The summed E-state index contributed by atoms with van der Waals surface area (Å²) in [4.78, 5) is 12.7. The summed E-state index contributed by atoms with van der Waals surface area (Å²) in [5.41, 5.74) is 0. The first-order valence-corrected chi connectivity index (χ1v) is 7.06. The molecule has 0 aromatic carbocycles. The lowest BCUT2D eigenvalue weighted by Crippen LogP contribution is -2.49. The predicted octanol–water partition coefficient (Wildman–Crippen LogP) is -0.716. The molecular formula is C9H18N2O4S. The van der Waals surface area contributed by atoms with Crippen molar-refractivity contribution < 1.29 is 18.3 Å². The van der Waals surface area contributed by atoms with Crippen LogP contribution in [0.15, 0.2) is 0 Å². The Kier molecular flexibility index (Phi) is 4.28. The standard InChI is InChI=1S/C9H18N2O4S/c1-8(9(12)13)7-10-3-5-11(6-4-10)16(2,14)15/h8H,3-7H2,1-2H3,(H,12,13). The van der Waals surface area contributed by atoms with Gasteiger partial charge in [-0.2, -0.15) is 4.31 Å². The van der Waals surface area contributed by atoms with Crippen molar-refractivity contribution in [1.29, 1.82) is 0 Å². The summed E-state index contributed by atoms with van der Waals surface area (Å²) in [5.74, 6) is -1.23. The smallest absolute Gasteiger partial charge is 0.307 e. The normalized spacial score (nSPS) is 21.9. The molecular weight excluding hydrogens is 232 g/mol. The van der Waals surface area contributed by atoms with E-state index in [2.05, 4.69) is 0 Å². The van der Waals surface area contributed by atoms with Gasteiger partial charge < -0.3 is 5.11 Å². The van der Waals surface area contributed by atoms with E-state index in [1.165, 1.54) is 10.6 Å². The van der Waals surface area contributed by atoms with Gasteiger partial charge in [-0.3, -0.25) is 9.69 Å². The quantitative estimate of drug-likeness (QED) is 0.713. The lowest BCUT2D eigenvalue weighted by atomic mass is 10.1. The molecule has 94 valence electrons. The summed E-state index contributed by atoms with van der Waals surface area (Å²) in [6.45, 7) is 4.24. The maximum Gasteiger partial charge on any atom is 0.307 e. The monoisotopic (exact) mass is 250 g/mol. The Hall–Kier alpha value is -0.660. The van der Waals surface area contributed by atoms with Crippen LogP contribution in [0, 0.1) is 5.92 Å². The van der Waals surface area contributed by atoms with Gasteiger partial charge in [0.2, 0.25) is 10.0 Å². The highest BCUT2D eigenvalue weighted by molar-refractivity contribution is 7.88. The fraction of sp³-hybridized carbons (Fsp3) is 0.889. The fourth-order valence-electron chi connectivity index (χ4n) is 1.71. The Labute approximate surface area is 95.9 Å². The highest BCUT2D eigenvalue weighted by atomic mass is 32.2. The van der Waals surface area contributed by atoms with Gasteiger partial charge in [-0.15, -0.1) is 0 Å². The minimum Gasteiger partial charge on any atom is -0.481 e. The van der Waals surface area contributed by atoms with Crippen LogP contribution >= 0.6 is 0 Å². The van der Waals surface area contributed by atoms with Gasteiger partial charge in [-0.1, -0.05) is 6.92 Å². The molecule has 0 radical (unpaired) electrons. The highest BCUT2D eigenvalue weighted by Gasteiger charge is 2.25. The van der Waals surface area contributed by atoms with Crippen molar-refractivity contribution in [2.45, 2.75) is 6.92 Å². The first-order valence-electron chi connectivity index (χ1n) is 5.21. The molecule has 1 N–H and O–H groups in total. The summed E-state index contributed by atoms with van der Waals surface area (Å²) in [6.07, 6.45) is 1.20. The number of nitrogens with zero attached hydrogens (tertiary/aromatic N) is 2. The summed E-state index contributed by atoms with van der Waals surface area (Å²) in [7, 11) is -3.10. The molecule has 6 nitrogen and oxygen atoms in total. The van der Waals surface area contributed by atoms with Crippen LogP contribution in [-0.2, 0) is 14.8 Å². The van der Waals surface area contributed by atoms with Gasteiger partial charge in [0.1, 0.15) is 0 Å². The number of hydrogen-bond donors (Lipinski definition) is 1. The van der Waals surface area contributed by atoms with Crippen LogP contribution in [0.5, 0.6) is 0 Å². The second-order valence-electron chi connectivity index (χ2n) is 4.20. The second kappa shape index (κ2) is 5.11. The Morgan fingerprint density at radius 3 is 2.19 bits per heavy atom. The topological polar surface area (TPSA) is 77.9 Å². The maximum absolute atomic E-state index is 11.2. The van der Waals surface area contributed by atoms with Crippen LogP contribution in [0.1, 0.15) is 6.92 Å². The molecule has 1 heterocycles. The molecule has 1 fully saturated rings. The molecule has 7 heteroatoms. The number of carboxylic acid groups (broad SMARTS) is 1. The summed E-state index contributed by atoms with van der Waals surface area (Å²) in [6, 6.07) is 0. The minimum absolute atomic E-state index is 0.412. The molecule has 0 aromatic heterocycles. The van der Waals surface area contributed by atoms with E-state index in [-0.39, 0.29) is 0 Å². The molecule has 1 aliphatic heterocycles. The van der Waals surface area contributed by atoms with Gasteiger partial charge in [-0.05, 0) is 0 Å². The third kappa shape index (κ3) is 3.73. The van der Waals surface area contributed by atoms with Crippen LogP contribution in [0.3, 0.4) is 0 Å². The summed E-state index contributed by atoms with van der Waals surface area (Å²) in [5, 5.41) is 8.76. The zero-order valence-electron chi connectivity index (χ0n) is 9.59. The molecule has 0 spiro atoms. The van der Waals surface area contributed by atoms with Crippen LogP contribution in [0.25, 0.3) is 0 Å². The first-order chi connectivity index (χ1) is 7.30. The van der Waals surface area contributed by atoms with Gasteiger partial charge in [-0.25, -0.2) is 8.42 Å².